The van der Waals surface area contributed by atoms with Crippen molar-refractivity contribution in [2.45, 2.75) is 6.43 Å². The van der Waals surface area contributed by atoms with Gasteiger partial charge in [-0.2, -0.15) is 17.9 Å². The summed E-state index contributed by atoms with van der Waals surface area (Å²) in [5, 5.41) is 10.1. The molecule has 0 unspecified atom stereocenters. The molecule has 0 bridgehead atoms. The summed E-state index contributed by atoms with van der Waals surface area (Å²) in [7, 11) is 0. The van der Waals surface area contributed by atoms with Gasteiger partial charge >= 0.3 is 6.43 Å². The molecule has 1 aromatic heterocycles. The maximum Gasteiger partial charge on any atom is 0.325 e. The van der Waals surface area contributed by atoms with Gasteiger partial charge in [0.2, 0.25) is 5.82 Å². The number of aromatic nitrogens is 1. The molecule has 1 rings (SSSR count). The van der Waals surface area contributed by atoms with Crippen molar-refractivity contribution < 1.29 is 17.9 Å². The molecule has 0 amide bonds. The third-order valence-corrected chi connectivity index (χ3v) is 1.53. The molecule has 0 saturated carbocycles. The zero-order valence-electron chi connectivity index (χ0n) is 5.60. The lowest BCUT2D eigenvalue weighted by Crippen LogP contribution is -2.33. The summed E-state index contributed by atoms with van der Waals surface area (Å²) in [6.45, 7) is 0. The second-order valence-electron chi connectivity index (χ2n) is 1.99. The molecule has 12 heavy (non-hydrogen) atoms. The summed E-state index contributed by atoms with van der Waals surface area (Å²) in [5.74, 6) is -1.37. The number of pyridine rings is 1. The minimum atomic E-state index is -3.17. The number of rotatable bonds is 1. The van der Waals surface area contributed by atoms with Crippen molar-refractivity contribution in [2.24, 2.45) is 0 Å². The van der Waals surface area contributed by atoms with E-state index in [1.54, 1.807) is 0 Å². The summed E-state index contributed by atoms with van der Waals surface area (Å²) in [6, 6.07) is 0.912. The molecule has 0 aromatic carbocycles. The van der Waals surface area contributed by atoms with E-state index < -0.39 is 23.0 Å². The van der Waals surface area contributed by atoms with Gasteiger partial charge in [0.25, 0.3) is 5.69 Å². The van der Waals surface area contributed by atoms with E-state index in [2.05, 4.69) is 0 Å². The summed E-state index contributed by atoms with van der Waals surface area (Å²) >= 11 is 5.17. The first kappa shape index (κ1) is 9.12. The molecule has 0 aliphatic carbocycles. The third kappa shape index (κ3) is 1.45. The van der Waals surface area contributed by atoms with Gasteiger partial charge in [0, 0.05) is 6.07 Å². The first-order valence-corrected chi connectivity index (χ1v) is 3.27. The molecule has 0 saturated heterocycles. The van der Waals surface area contributed by atoms with Crippen molar-refractivity contribution in [1.29, 1.82) is 0 Å². The Balaban J connectivity index is 3.33. The van der Waals surface area contributed by atoms with Crippen LogP contribution in [-0.2, 0) is 0 Å². The van der Waals surface area contributed by atoms with Crippen molar-refractivity contribution in [3.8, 4) is 0 Å². The van der Waals surface area contributed by atoms with Crippen molar-refractivity contribution in [1.82, 2.24) is 0 Å². The van der Waals surface area contributed by atoms with E-state index in [4.69, 9.17) is 11.6 Å². The molecule has 66 valence electrons. The summed E-state index contributed by atoms with van der Waals surface area (Å²) in [4.78, 5) is 0. The van der Waals surface area contributed by atoms with Crippen LogP contribution in [0.2, 0.25) is 5.02 Å². The summed E-state index contributed by atoms with van der Waals surface area (Å²) in [6.07, 6.45) is -2.44. The predicted octanol–water partition coefficient (Wildman–Crippen LogP) is 2.05. The lowest BCUT2D eigenvalue weighted by atomic mass is 10.3. The molecule has 6 heteroatoms. The van der Waals surface area contributed by atoms with Crippen LogP contribution in [0, 0.1) is 11.0 Å². The van der Waals surface area contributed by atoms with E-state index in [0.717, 1.165) is 12.3 Å². The molecule has 2 nitrogen and oxygen atoms in total. The van der Waals surface area contributed by atoms with E-state index >= 15 is 0 Å². The van der Waals surface area contributed by atoms with Crippen LogP contribution in [0.3, 0.4) is 0 Å². The minimum Gasteiger partial charge on any atom is -0.618 e. The molecule has 0 aliphatic rings. The van der Waals surface area contributed by atoms with Gasteiger partial charge in [-0.3, -0.25) is 0 Å². The number of halogens is 4. The molecular weight excluding hydrogens is 195 g/mol. The second-order valence-corrected chi connectivity index (χ2v) is 2.40. The van der Waals surface area contributed by atoms with E-state index in [0.29, 0.717) is 0 Å². The Kier molecular flexibility index (Phi) is 2.42. The van der Waals surface area contributed by atoms with Gasteiger partial charge in [0.15, 0.2) is 6.20 Å². The minimum absolute atomic E-state index is 0.244. The Labute approximate surface area is 70.8 Å². The van der Waals surface area contributed by atoms with Gasteiger partial charge in [0.1, 0.15) is 0 Å². The zero-order chi connectivity index (χ0) is 9.30. The van der Waals surface area contributed by atoms with Crippen LogP contribution in [-0.4, -0.2) is 0 Å². The largest absolute Gasteiger partial charge is 0.618 e. The lowest BCUT2D eigenvalue weighted by Gasteiger charge is -2.04. The second kappa shape index (κ2) is 3.18. The first-order chi connectivity index (χ1) is 5.54. The fraction of sp³-hybridized carbons (Fsp3) is 0.167. The van der Waals surface area contributed by atoms with Gasteiger partial charge in [-0.15, -0.1) is 0 Å². The highest BCUT2D eigenvalue weighted by atomic mass is 35.5. The van der Waals surface area contributed by atoms with Crippen molar-refractivity contribution in [2.75, 3.05) is 0 Å². The van der Waals surface area contributed by atoms with Crippen molar-refractivity contribution in [3.63, 3.8) is 0 Å². The topological polar surface area (TPSA) is 26.9 Å². The smallest absolute Gasteiger partial charge is 0.325 e. The quantitative estimate of drug-likeness (QED) is 0.500. The van der Waals surface area contributed by atoms with E-state index in [9.17, 15) is 18.4 Å². The van der Waals surface area contributed by atoms with Crippen molar-refractivity contribution >= 4 is 11.6 Å². The van der Waals surface area contributed by atoms with Crippen LogP contribution in [0.5, 0.6) is 0 Å². The van der Waals surface area contributed by atoms with E-state index in [1.807, 2.05) is 0 Å². The molecule has 1 aromatic rings. The predicted molar refractivity (Wildman–Crippen MR) is 35.3 cm³/mol. The Bertz CT molecular complexity index is 305. The lowest BCUT2D eigenvalue weighted by molar-refractivity contribution is -0.621. The fourth-order valence-electron chi connectivity index (χ4n) is 0.698. The number of alkyl halides is 2. The van der Waals surface area contributed by atoms with Gasteiger partial charge in [-0.05, 0) is 0 Å². The average Bonchev–Trinajstić information content (AvgIpc) is 1.97. The fourth-order valence-corrected chi connectivity index (χ4v) is 0.851. The molecular formula is C6H3ClF3NO. The highest BCUT2D eigenvalue weighted by Gasteiger charge is 2.25. The molecule has 0 atom stereocenters. The van der Waals surface area contributed by atoms with Crippen LogP contribution >= 0.6 is 11.6 Å². The van der Waals surface area contributed by atoms with Gasteiger partial charge in [-0.25, -0.2) is 0 Å². The van der Waals surface area contributed by atoms with Crippen LogP contribution in [0.4, 0.5) is 13.2 Å². The normalized spacial score (nSPS) is 10.8. The third-order valence-electron chi connectivity index (χ3n) is 1.23. The van der Waals surface area contributed by atoms with Crippen LogP contribution < -0.4 is 4.73 Å². The maximum absolute atomic E-state index is 12.7. The molecule has 0 radical (unpaired) electrons. The molecule has 0 spiro atoms. The first-order valence-electron chi connectivity index (χ1n) is 2.89. The SMILES string of the molecule is [O-][n+]1ccc(Cl)c(F)c1C(F)F. The maximum atomic E-state index is 12.7. The molecule has 0 fully saturated rings. The molecule has 0 aliphatic heterocycles. The monoisotopic (exact) mass is 197 g/mol. The molecule has 0 N–H and O–H groups in total. The Morgan fingerprint density at radius 2 is 2.08 bits per heavy atom. The molecule has 1 heterocycles. The van der Waals surface area contributed by atoms with Crippen LogP contribution in [0.1, 0.15) is 12.1 Å². The number of hydrogen-bond donors (Lipinski definition) is 0. The van der Waals surface area contributed by atoms with Gasteiger partial charge in [-0.1, -0.05) is 11.6 Å². The summed E-state index contributed by atoms with van der Waals surface area (Å²) < 4.78 is 36.3. The standard InChI is InChI=1S/C6H3ClF3NO/c7-3-1-2-11(12)5(4(3)8)6(9)10/h1-2,6H. The number of nitrogens with zero attached hydrogens (tertiary/aromatic N) is 1. The Morgan fingerprint density at radius 3 is 2.50 bits per heavy atom. The highest BCUT2D eigenvalue weighted by Crippen LogP contribution is 2.22. The summed E-state index contributed by atoms with van der Waals surface area (Å²) in [5.41, 5.74) is -1.25. The van der Waals surface area contributed by atoms with Crippen LogP contribution in [0.15, 0.2) is 12.3 Å². The zero-order valence-corrected chi connectivity index (χ0v) is 6.36. The van der Waals surface area contributed by atoms with E-state index in [1.165, 1.54) is 0 Å². The van der Waals surface area contributed by atoms with Crippen LogP contribution in [0.25, 0.3) is 0 Å². The average molecular weight is 198 g/mol. The van der Waals surface area contributed by atoms with Crippen molar-refractivity contribution in [3.05, 3.63) is 34.0 Å². The van der Waals surface area contributed by atoms with Gasteiger partial charge < -0.3 is 5.21 Å². The Hall–Kier alpha value is -0.970. The van der Waals surface area contributed by atoms with Gasteiger partial charge in [0.05, 0.1) is 5.02 Å². The number of hydrogen-bond acceptors (Lipinski definition) is 1. The van der Waals surface area contributed by atoms with E-state index in [-0.39, 0.29) is 4.73 Å². The Morgan fingerprint density at radius 1 is 1.50 bits per heavy atom. The highest BCUT2D eigenvalue weighted by molar-refractivity contribution is 6.30.